The molecular weight excluding hydrogens is 283 g/mol. The van der Waals surface area contributed by atoms with Crippen LogP contribution in [-0.2, 0) is 6.42 Å². The lowest BCUT2D eigenvalue weighted by Crippen LogP contribution is -2.30. The van der Waals surface area contributed by atoms with Gasteiger partial charge in [-0.3, -0.25) is 0 Å². The van der Waals surface area contributed by atoms with Gasteiger partial charge in [-0.1, -0.05) is 41.6 Å². The lowest BCUT2D eigenvalue weighted by Gasteiger charge is -2.27. The summed E-state index contributed by atoms with van der Waals surface area (Å²) < 4.78 is 14.1. The Balaban J connectivity index is 2.15. The fourth-order valence-electron chi connectivity index (χ4n) is 2.60. The van der Waals surface area contributed by atoms with E-state index in [4.69, 9.17) is 0 Å². The summed E-state index contributed by atoms with van der Waals surface area (Å²) in [6.45, 7) is 0. The quantitative estimate of drug-likeness (QED) is 0.811. The Morgan fingerprint density at radius 2 is 1.82 bits per heavy atom. The summed E-state index contributed by atoms with van der Waals surface area (Å²) in [6, 6.07) is 4.67. The van der Waals surface area contributed by atoms with Crippen molar-refractivity contribution in [1.29, 1.82) is 0 Å². The third-order valence-corrected chi connectivity index (χ3v) is 4.34. The number of benzene rings is 1. The van der Waals surface area contributed by atoms with Crippen molar-refractivity contribution in [3.05, 3.63) is 34.1 Å². The van der Waals surface area contributed by atoms with Gasteiger partial charge in [-0.15, -0.1) is 0 Å². The van der Waals surface area contributed by atoms with Crippen molar-refractivity contribution in [1.82, 2.24) is 0 Å². The topological polar surface area (TPSA) is 20.2 Å². The summed E-state index contributed by atoms with van der Waals surface area (Å²) in [5.41, 5.74) is 0.224. The van der Waals surface area contributed by atoms with Crippen LogP contribution in [0.1, 0.15) is 44.1 Å². The minimum absolute atomic E-state index is 0.236. The minimum Gasteiger partial charge on any atom is -0.390 e. The van der Waals surface area contributed by atoms with Gasteiger partial charge in [0, 0.05) is 10.9 Å². The molecule has 1 N–H and O–H groups in total. The van der Waals surface area contributed by atoms with Crippen LogP contribution in [0.2, 0.25) is 0 Å². The van der Waals surface area contributed by atoms with Crippen molar-refractivity contribution in [2.75, 3.05) is 0 Å². The van der Waals surface area contributed by atoms with Gasteiger partial charge in [-0.25, -0.2) is 4.39 Å². The number of hydrogen-bond acceptors (Lipinski definition) is 1. The van der Waals surface area contributed by atoms with Crippen LogP contribution in [0.4, 0.5) is 4.39 Å². The van der Waals surface area contributed by atoms with E-state index in [0.29, 0.717) is 6.42 Å². The first-order valence-electron chi connectivity index (χ1n) is 6.25. The van der Waals surface area contributed by atoms with Gasteiger partial charge >= 0.3 is 0 Å². The van der Waals surface area contributed by atoms with E-state index in [-0.39, 0.29) is 5.82 Å². The summed E-state index contributed by atoms with van der Waals surface area (Å²) in [7, 11) is 0. The van der Waals surface area contributed by atoms with E-state index in [1.807, 2.05) is 0 Å². The van der Waals surface area contributed by atoms with Gasteiger partial charge in [-0.2, -0.15) is 0 Å². The number of rotatable bonds is 2. The first kappa shape index (κ1) is 13.0. The molecule has 3 heteroatoms. The van der Waals surface area contributed by atoms with E-state index in [1.54, 1.807) is 6.07 Å². The van der Waals surface area contributed by atoms with Gasteiger partial charge in [0.1, 0.15) is 5.82 Å². The Morgan fingerprint density at radius 3 is 2.47 bits per heavy atom. The lowest BCUT2D eigenvalue weighted by atomic mass is 9.87. The molecule has 1 aliphatic carbocycles. The largest absolute Gasteiger partial charge is 0.390 e. The fourth-order valence-corrected chi connectivity index (χ4v) is 2.98. The molecule has 0 saturated heterocycles. The maximum atomic E-state index is 13.2. The predicted molar refractivity (Wildman–Crippen MR) is 70.5 cm³/mol. The van der Waals surface area contributed by atoms with Gasteiger partial charge in [0.25, 0.3) is 0 Å². The smallest absolute Gasteiger partial charge is 0.123 e. The molecule has 1 fully saturated rings. The second-order valence-corrected chi connectivity index (χ2v) is 5.91. The van der Waals surface area contributed by atoms with Crippen molar-refractivity contribution in [3.8, 4) is 0 Å². The van der Waals surface area contributed by atoms with Gasteiger partial charge < -0.3 is 5.11 Å². The third kappa shape index (κ3) is 3.52. The van der Waals surface area contributed by atoms with E-state index in [1.165, 1.54) is 25.0 Å². The SMILES string of the molecule is OC1(Cc2cc(F)ccc2Br)CCCCCC1. The summed E-state index contributed by atoms with van der Waals surface area (Å²) in [5, 5.41) is 10.6. The van der Waals surface area contributed by atoms with Crippen molar-refractivity contribution in [2.45, 2.75) is 50.5 Å². The molecular formula is C14H18BrFO. The second kappa shape index (κ2) is 5.49. The maximum absolute atomic E-state index is 13.2. The summed E-state index contributed by atoms with van der Waals surface area (Å²) in [4.78, 5) is 0. The number of aliphatic hydroxyl groups is 1. The lowest BCUT2D eigenvalue weighted by molar-refractivity contribution is 0.0250. The zero-order valence-electron chi connectivity index (χ0n) is 9.88. The van der Waals surface area contributed by atoms with Crippen LogP contribution < -0.4 is 0 Å². The van der Waals surface area contributed by atoms with E-state index in [0.717, 1.165) is 35.7 Å². The van der Waals surface area contributed by atoms with Crippen molar-refractivity contribution in [2.24, 2.45) is 0 Å². The zero-order valence-corrected chi connectivity index (χ0v) is 11.5. The van der Waals surface area contributed by atoms with Crippen LogP contribution in [0.25, 0.3) is 0 Å². The molecule has 1 nitrogen and oxygen atoms in total. The molecule has 1 saturated carbocycles. The molecule has 0 radical (unpaired) electrons. The van der Waals surface area contributed by atoms with E-state index in [2.05, 4.69) is 15.9 Å². The average molecular weight is 301 g/mol. The number of halogens is 2. The van der Waals surface area contributed by atoms with Crippen molar-refractivity contribution >= 4 is 15.9 Å². The van der Waals surface area contributed by atoms with Gasteiger partial charge in [-0.05, 0) is 36.6 Å². The first-order chi connectivity index (χ1) is 8.09. The van der Waals surface area contributed by atoms with Crippen molar-refractivity contribution < 1.29 is 9.50 Å². The highest BCUT2D eigenvalue weighted by molar-refractivity contribution is 9.10. The molecule has 0 aromatic heterocycles. The van der Waals surface area contributed by atoms with Crippen LogP contribution in [0.5, 0.6) is 0 Å². The standard InChI is InChI=1S/C14H18BrFO/c15-13-6-5-12(16)9-11(13)10-14(17)7-3-1-2-4-8-14/h5-6,9,17H,1-4,7-8,10H2. The highest BCUT2D eigenvalue weighted by atomic mass is 79.9. The minimum atomic E-state index is -0.646. The van der Waals surface area contributed by atoms with Crippen LogP contribution in [0, 0.1) is 5.82 Å². The van der Waals surface area contributed by atoms with E-state index < -0.39 is 5.60 Å². The molecule has 2 rings (SSSR count). The second-order valence-electron chi connectivity index (χ2n) is 5.05. The van der Waals surface area contributed by atoms with E-state index in [9.17, 15) is 9.50 Å². The summed E-state index contributed by atoms with van der Waals surface area (Å²) >= 11 is 3.42. The molecule has 0 amide bonds. The van der Waals surface area contributed by atoms with Crippen molar-refractivity contribution in [3.63, 3.8) is 0 Å². The van der Waals surface area contributed by atoms with Crippen LogP contribution >= 0.6 is 15.9 Å². The molecule has 0 heterocycles. The Labute approximate surface area is 110 Å². The molecule has 0 unspecified atom stereocenters. The molecule has 1 aromatic carbocycles. The maximum Gasteiger partial charge on any atom is 0.123 e. The molecule has 0 aliphatic heterocycles. The zero-order chi connectivity index (χ0) is 12.3. The molecule has 0 spiro atoms. The Morgan fingerprint density at radius 1 is 1.18 bits per heavy atom. The highest BCUT2D eigenvalue weighted by Gasteiger charge is 2.28. The highest BCUT2D eigenvalue weighted by Crippen LogP contribution is 2.32. The monoisotopic (exact) mass is 300 g/mol. The Bertz CT molecular complexity index is 384. The van der Waals surface area contributed by atoms with E-state index >= 15 is 0 Å². The summed E-state index contributed by atoms with van der Waals surface area (Å²) in [6.07, 6.45) is 6.75. The Kier molecular flexibility index (Phi) is 4.21. The molecule has 94 valence electrons. The Hall–Kier alpha value is -0.410. The molecule has 1 aromatic rings. The summed E-state index contributed by atoms with van der Waals surface area (Å²) in [5.74, 6) is -0.236. The third-order valence-electron chi connectivity index (χ3n) is 3.56. The first-order valence-corrected chi connectivity index (χ1v) is 7.05. The van der Waals surface area contributed by atoms with Crippen LogP contribution in [0.3, 0.4) is 0 Å². The number of hydrogen-bond donors (Lipinski definition) is 1. The molecule has 17 heavy (non-hydrogen) atoms. The fraction of sp³-hybridized carbons (Fsp3) is 0.571. The normalized spacial score (nSPS) is 19.9. The van der Waals surface area contributed by atoms with Gasteiger partial charge in [0.15, 0.2) is 0 Å². The van der Waals surface area contributed by atoms with Gasteiger partial charge in [0.2, 0.25) is 0 Å². The molecule has 0 bridgehead atoms. The van der Waals surface area contributed by atoms with Gasteiger partial charge in [0.05, 0.1) is 5.60 Å². The predicted octanol–water partition coefficient (Wildman–Crippen LogP) is 4.22. The molecule has 1 aliphatic rings. The van der Waals surface area contributed by atoms with Crippen LogP contribution in [-0.4, -0.2) is 10.7 Å². The van der Waals surface area contributed by atoms with Crippen LogP contribution in [0.15, 0.2) is 22.7 Å². The average Bonchev–Trinajstić information content (AvgIpc) is 2.49. The molecule has 0 atom stereocenters.